The molecule has 0 bridgehead atoms. The molecule has 0 aromatic carbocycles. The highest BCUT2D eigenvalue weighted by atomic mass is 32.2. The number of aliphatic carboxylic acids is 1. The van der Waals surface area contributed by atoms with Gasteiger partial charge in [-0.3, -0.25) is 14.5 Å². The molecule has 3 saturated heterocycles. The number of hydrogen-bond acceptors (Lipinski definition) is 18. The fourth-order valence-electron chi connectivity index (χ4n) is 6.81. The van der Waals surface area contributed by atoms with Crippen molar-refractivity contribution in [2.75, 3.05) is 129 Å². The van der Waals surface area contributed by atoms with Crippen molar-refractivity contribution in [1.29, 1.82) is 0 Å². The van der Waals surface area contributed by atoms with Crippen LogP contribution in [0.3, 0.4) is 0 Å². The molecule has 0 aliphatic carbocycles. The van der Waals surface area contributed by atoms with E-state index < -0.39 is 11.9 Å². The molecule has 5 rings (SSSR count). The second-order valence-electron chi connectivity index (χ2n) is 14.6. The summed E-state index contributed by atoms with van der Waals surface area (Å²) in [4.78, 5) is 60.7. The van der Waals surface area contributed by atoms with E-state index in [-0.39, 0.29) is 35.0 Å². The Kier molecular flexibility index (Phi) is 18.6. The molecule has 5 heterocycles. The first-order valence-corrected chi connectivity index (χ1v) is 21.8. The van der Waals surface area contributed by atoms with Gasteiger partial charge in [-0.15, -0.1) is 0 Å². The quantitative estimate of drug-likeness (QED) is 0.0511. The number of carbonyl (C=O) groups is 3. The van der Waals surface area contributed by atoms with Gasteiger partial charge in [0.1, 0.15) is 16.5 Å². The van der Waals surface area contributed by atoms with Crippen molar-refractivity contribution in [2.24, 2.45) is 5.92 Å². The highest BCUT2D eigenvalue weighted by molar-refractivity contribution is 8.00. The van der Waals surface area contributed by atoms with Gasteiger partial charge in [0, 0.05) is 69.4 Å². The van der Waals surface area contributed by atoms with E-state index in [0.717, 1.165) is 50.0 Å². The van der Waals surface area contributed by atoms with Crippen LogP contribution in [0.4, 0.5) is 22.4 Å². The van der Waals surface area contributed by atoms with Gasteiger partial charge in [-0.05, 0) is 45.1 Å². The number of nitrogens with one attached hydrogen (secondary N) is 3. The molecule has 3 aliphatic heterocycles. The van der Waals surface area contributed by atoms with Crippen LogP contribution in [0.1, 0.15) is 32.1 Å². The van der Waals surface area contributed by atoms with E-state index in [2.05, 4.69) is 45.7 Å². The summed E-state index contributed by atoms with van der Waals surface area (Å²) in [7, 11) is 6.84. The largest absolute Gasteiger partial charge is 0.481 e. The number of ether oxygens (including phenoxy) is 5. The van der Waals surface area contributed by atoms with Crippen molar-refractivity contribution in [3.63, 3.8) is 0 Å². The van der Waals surface area contributed by atoms with Gasteiger partial charge in [-0.25, -0.2) is 14.8 Å². The monoisotopic (exact) mass is 865 g/mol. The molecule has 2 aromatic heterocycles. The fourth-order valence-corrected chi connectivity index (χ4v) is 9.27. The number of hydrogen-bond donors (Lipinski definition) is 5. The zero-order chi connectivity index (χ0) is 42.1. The van der Waals surface area contributed by atoms with Gasteiger partial charge >= 0.3 is 12.0 Å². The number of rotatable bonds is 26. The van der Waals surface area contributed by atoms with Crippen LogP contribution in [0.2, 0.25) is 0 Å². The van der Waals surface area contributed by atoms with Gasteiger partial charge in [0.15, 0.2) is 5.16 Å². The van der Waals surface area contributed by atoms with Crippen molar-refractivity contribution < 1.29 is 43.2 Å². The van der Waals surface area contributed by atoms with E-state index in [0.29, 0.717) is 112 Å². The summed E-state index contributed by atoms with van der Waals surface area (Å²) < 4.78 is 28.4. The van der Waals surface area contributed by atoms with Crippen molar-refractivity contribution in [3.8, 4) is 11.8 Å². The number of nitrogens with zero attached hydrogens (tertiary/aromatic N) is 7. The summed E-state index contributed by atoms with van der Waals surface area (Å²) in [6, 6.07) is 1.71. The second-order valence-corrected chi connectivity index (χ2v) is 16.8. The molecule has 6 N–H and O–H groups in total. The Balaban J connectivity index is 0.932. The first-order valence-electron chi connectivity index (χ1n) is 19.9. The molecule has 59 heavy (non-hydrogen) atoms. The number of nitrogen functional groups attached to an aromatic ring is 1. The van der Waals surface area contributed by atoms with Crippen molar-refractivity contribution in [3.05, 3.63) is 6.07 Å². The van der Waals surface area contributed by atoms with Gasteiger partial charge in [0.25, 0.3) is 0 Å². The number of piperazine rings is 1. The van der Waals surface area contributed by atoms with E-state index in [4.69, 9.17) is 29.4 Å². The third-order valence-corrected chi connectivity index (χ3v) is 12.5. The van der Waals surface area contributed by atoms with Crippen molar-refractivity contribution in [1.82, 2.24) is 40.4 Å². The summed E-state index contributed by atoms with van der Waals surface area (Å²) in [6.07, 6.45) is 3.04. The van der Waals surface area contributed by atoms with Crippen LogP contribution in [0.5, 0.6) is 11.8 Å². The topological polar surface area (TPSA) is 241 Å². The van der Waals surface area contributed by atoms with Crippen LogP contribution in [0, 0.1) is 5.92 Å². The normalized spacial score (nSPS) is 19.6. The molecule has 0 radical (unpaired) electrons. The van der Waals surface area contributed by atoms with E-state index >= 15 is 0 Å². The lowest BCUT2D eigenvalue weighted by molar-refractivity contribution is -0.142. The molecule has 0 saturated carbocycles. The Morgan fingerprint density at radius 2 is 1.66 bits per heavy atom. The average molecular weight is 866 g/mol. The lowest BCUT2D eigenvalue weighted by Crippen LogP contribution is -2.48. The summed E-state index contributed by atoms with van der Waals surface area (Å²) in [6.45, 7) is 7.01. The smallest absolute Gasteiger partial charge is 0.315 e. The van der Waals surface area contributed by atoms with Crippen LogP contribution in [0.15, 0.2) is 16.1 Å². The number of carbonyl (C=O) groups excluding carboxylic acids is 2. The minimum absolute atomic E-state index is 0.106. The molecule has 328 valence electrons. The number of amides is 3. The fraction of sp³-hybridized carbons (Fsp3) is 0.703. The number of anilines is 3. The number of urea groups is 1. The maximum atomic E-state index is 12.4. The van der Waals surface area contributed by atoms with E-state index in [1.54, 1.807) is 0 Å². The molecule has 3 fully saturated rings. The number of carboxylic acid groups (broad SMARTS) is 1. The van der Waals surface area contributed by atoms with Crippen molar-refractivity contribution >= 4 is 59.0 Å². The minimum Gasteiger partial charge on any atom is -0.481 e. The Bertz CT molecular complexity index is 1650. The summed E-state index contributed by atoms with van der Waals surface area (Å²) in [5.74, 6) is 1.04. The summed E-state index contributed by atoms with van der Waals surface area (Å²) in [5.41, 5.74) is 6.04. The Morgan fingerprint density at radius 1 is 0.983 bits per heavy atom. The number of methoxy groups -OCH3 is 2. The first kappa shape index (κ1) is 46.1. The lowest BCUT2D eigenvalue weighted by atomic mass is 9.96. The standard InChI is InChI=1S/C37H59N11O9S2/c1-46(2)10-8-29(49)41-28-22-27(38)40-37(42-28)59-31-32(53-3)44-35(45-33(31)54-4)48-13-11-47(12-14-48)15-17-56-19-21-57-20-18-55-16-9-24(34(50)51)6-5-7-26-30-25(23-58-26)39-36(52)43-30/h22,24-26,30H,5-21,23H2,1-4H3,(H,50,51)(H2,39,43,52)(H3,38,40,41,42,49)/t24?,25-,26-,30-/m0/s1. The third kappa shape index (κ3) is 14.6. The van der Waals surface area contributed by atoms with Crippen LogP contribution < -0.4 is 36.1 Å². The Morgan fingerprint density at radius 3 is 2.32 bits per heavy atom. The molecule has 1 unspecified atom stereocenters. The molecule has 2 aromatic rings. The second kappa shape index (κ2) is 23.8. The predicted octanol–water partition coefficient (Wildman–Crippen LogP) is 1.51. The van der Waals surface area contributed by atoms with Gasteiger partial charge < -0.3 is 60.3 Å². The third-order valence-electron chi connectivity index (χ3n) is 10.0. The van der Waals surface area contributed by atoms with Crippen molar-refractivity contribution in [2.45, 2.75) is 59.5 Å². The maximum Gasteiger partial charge on any atom is 0.315 e. The zero-order valence-corrected chi connectivity index (χ0v) is 36.0. The molecular formula is C37H59N11O9S2. The molecule has 22 heteroatoms. The van der Waals surface area contributed by atoms with Crippen LogP contribution in [-0.4, -0.2) is 183 Å². The first-order chi connectivity index (χ1) is 28.5. The Hall–Kier alpha value is -3.93. The van der Waals surface area contributed by atoms with E-state index in [9.17, 15) is 19.5 Å². The SMILES string of the molecule is COc1nc(N2CCN(CCOCCOCCOCCC(CCC[C@@H]3SC[C@@H]4NC(=O)N[C@@H]43)C(=O)O)CC2)nc(OC)c1Sc1nc(N)cc(NC(=O)CCN(C)C)n1. The van der Waals surface area contributed by atoms with Crippen LogP contribution in [0.25, 0.3) is 0 Å². The number of aromatic nitrogens is 4. The minimum atomic E-state index is -0.796. The zero-order valence-electron chi connectivity index (χ0n) is 34.4. The number of fused-ring (bicyclic) bond motifs is 1. The average Bonchev–Trinajstić information content (AvgIpc) is 3.77. The highest BCUT2D eigenvalue weighted by Crippen LogP contribution is 2.40. The summed E-state index contributed by atoms with van der Waals surface area (Å²) >= 11 is 2.97. The van der Waals surface area contributed by atoms with Gasteiger partial charge in [0.2, 0.25) is 23.6 Å². The molecule has 4 atom stereocenters. The Labute approximate surface area is 353 Å². The molecule has 20 nitrogen and oxygen atoms in total. The number of nitrogens with two attached hydrogens (primary N) is 1. The van der Waals surface area contributed by atoms with E-state index in [1.807, 2.05) is 30.8 Å². The summed E-state index contributed by atoms with van der Waals surface area (Å²) in [5, 5.41) is 19.0. The van der Waals surface area contributed by atoms with E-state index in [1.165, 1.54) is 20.3 Å². The molecule has 3 amide bonds. The molecular weight excluding hydrogens is 807 g/mol. The number of thioether (sulfide) groups is 1. The lowest BCUT2D eigenvalue weighted by Gasteiger charge is -2.34. The van der Waals surface area contributed by atoms with Gasteiger partial charge in [0.05, 0.1) is 65.3 Å². The van der Waals surface area contributed by atoms with Crippen LogP contribution in [-0.2, 0) is 23.8 Å². The van der Waals surface area contributed by atoms with Gasteiger partial charge in [-0.1, -0.05) is 6.42 Å². The predicted molar refractivity (Wildman–Crippen MR) is 224 cm³/mol. The number of carboxylic acids is 1. The maximum absolute atomic E-state index is 12.4. The van der Waals surface area contributed by atoms with Gasteiger partial charge in [-0.2, -0.15) is 21.7 Å². The molecule has 0 spiro atoms. The highest BCUT2D eigenvalue weighted by Gasteiger charge is 2.42. The molecule has 3 aliphatic rings. The van der Waals surface area contributed by atoms with Crippen LogP contribution >= 0.6 is 23.5 Å².